The number of carbonyl (C=O) groups is 2. The number of hydrogen-bond acceptors (Lipinski definition) is 13. The van der Waals surface area contributed by atoms with Crippen LogP contribution in [-0.4, -0.2) is 112 Å². The molecule has 66 heavy (non-hydrogen) atoms. The second kappa shape index (κ2) is 24.2. The van der Waals surface area contributed by atoms with Crippen molar-refractivity contribution >= 4 is 45.0 Å². The number of aromatic nitrogens is 7. The third kappa shape index (κ3) is 13.3. The maximum Gasteiger partial charge on any atom is 0.225 e. The van der Waals surface area contributed by atoms with Gasteiger partial charge in [-0.1, -0.05) is 46.8 Å². The molecule has 3 heterocycles. The van der Waals surface area contributed by atoms with Gasteiger partial charge in [0.15, 0.2) is 12.6 Å². The molecule has 17 heteroatoms. The van der Waals surface area contributed by atoms with Gasteiger partial charge in [0.2, 0.25) is 11.8 Å². The average molecular weight is 898 g/mol. The Balaban J connectivity index is 0.949. The lowest BCUT2D eigenvalue weighted by molar-refractivity contribution is -0.139. The lowest BCUT2D eigenvalue weighted by Gasteiger charge is -2.16. The molecule has 7 aromatic rings. The number of benzene rings is 4. The van der Waals surface area contributed by atoms with Crippen LogP contribution in [0.1, 0.15) is 53.4 Å². The SMILES string of the molecule is CCOC(CCNCCC(=O)Nc1cccc(-c2cn(-c3ccc4cc5ccc(-n6cc(-c7cccc(NC(=O)CCNCCC(OCC)OCC)c7)nn6)cc5nc4c3)nn2)c1)OCC. The van der Waals surface area contributed by atoms with E-state index in [1.807, 2.05) is 125 Å². The fourth-order valence-electron chi connectivity index (χ4n) is 7.36. The topological polar surface area (TPSA) is 193 Å². The monoisotopic (exact) mass is 897 g/mol. The van der Waals surface area contributed by atoms with Gasteiger partial charge in [0.1, 0.15) is 11.4 Å². The molecule has 0 aliphatic heterocycles. The standard InChI is InChI=1S/C49H59N11O6/c1-5-63-48(64-6-2)21-25-50-23-19-46(61)52-38-13-9-11-34(28-38)44-32-59(57-55-44)40-17-15-36-27-37-16-18-41(31-43(37)54-42(36)30-40)60-33-45(56-58-60)35-12-10-14-39(29-35)53-47(62)20-24-51-26-22-49(65-7-3)66-8-4/h9-18,27-33,48-51H,5-8,19-26H2,1-4H3,(H,52,61)(H,53,62). The Bertz CT molecular complexity index is 2480. The summed E-state index contributed by atoms with van der Waals surface area (Å²) in [5, 5.41) is 32.3. The largest absolute Gasteiger partial charge is 0.353 e. The number of anilines is 2. The smallest absolute Gasteiger partial charge is 0.225 e. The van der Waals surface area contributed by atoms with Crippen molar-refractivity contribution < 1.29 is 28.5 Å². The number of ether oxygens (including phenoxy) is 4. The molecular formula is C49H59N11O6. The highest BCUT2D eigenvalue weighted by Gasteiger charge is 2.14. The molecule has 4 N–H and O–H groups in total. The summed E-state index contributed by atoms with van der Waals surface area (Å²) in [7, 11) is 0. The minimum Gasteiger partial charge on any atom is -0.353 e. The van der Waals surface area contributed by atoms with Gasteiger partial charge in [-0.25, -0.2) is 14.3 Å². The summed E-state index contributed by atoms with van der Waals surface area (Å²) >= 11 is 0. The van der Waals surface area contributed by atoms with Crippen molar-refractivity contribution in [3.8, 4) is 33.9 Å². The zero-order valence-corrected chi connectivity index (χ0v) is 38.0. The van der Waals surface area contributed by atoms with Crippen LogP contribution in [-0.2, 0) is 28.5 Å². The fraction of sp³-hybridized carbons (Fsp3) is 0.367. The molecule has 0 spiro atoms. The van der Waals surface area contributed by atoms with Gasteiger partial charge in [0.25, 0.3) is 0 Å². The van der Waals surface area contributed by atoms with E-state index in [9.17, 15) is 9.59 Å². The Hall–Kier alpha value is -6.47. The Labute approximate surface area is 384 Å². The first kappa shape index (κ1) is 47.5. The molecule has 0 fully saturated rings. The normalized spacial score (nSPS) is 11.6. The van der Waals surface area contributed by atoms with Crippen LogP contribution in [0.3, 0.4) is 0 Å². The second-order valence-electron chi connectivity index (χ2n) is 15.4. The zero-order valence-electron chi connectivity index (χ0n) is 38.0. The molecule has 0 saturated carbocycles. The van der Waals surface area contributed by atoms with Gasteiger partial charge in [-0.2, -0.15) is 0 Å². The van der Waals surface area contributed by atoms with E-state index >= 15 is 0 Å². The van der Waals surface area contributed by atoms with E-state index in [4.69, 9.17) is 23.9 Å². The van der Waals surface area contributed by atoms with Gasteiger partial charge in [-0.15, -0.1) is 10.2 Å². The highest BCUT2D eigenvalue weighted by molar-refractivity contribution is 5.95. The summed E-state index contributed by atoms with van der Waals surface area (Å²) in [5.74, 6) is -0.175. The predicted octanol–water partition coefficient (Wildman–Crippen LogP) is 7.30. The molecule has 17 nitrogen and oxygen atoms in total. The third-order valence-corrected chi connectivity index (χ3v) is 10.6. The lowest BCUT2D eigenvalue weighted by atomic mass is 10.1. The van der Waals surface area contributed by atoms with Crippen molar-refractivity contribution in [3.05, 3.63) is 103 Å². The molecule has 346 valence electrons. The summed E-state index contributed by atoms with van der Waals surface area (Å²) in [6.07, 6.45) is 5.31. The van der Waals surface area contributed by atoms with Crippen LogP contribution in [0.2, 0.25) is 0 Å². The minimum atomic E-state index is -0.240. The van der Waals surface area contributed by atoms with Gasteiger partial charge >= 0.3 is 0 Å². The van der Waals surface area contributed by atoms with Crippen molar-refractivity contribution in [3.63, 3.8) is 0 Å². The van der Waals surface area contributed by atoms with E-state index in [1.54, 1.807) is 9.36 Å². The maximum absolute atomic E-state index is 12.7. The first-order valence-electron chi connectivity index (χ1n) is 22.7. The summed E-state index contributed by atoms with van der Waals surface area (Å²) in [4.78, 5) is 30.5. The predicted molar refractivity (Wildman–Crippen MR) is 256 cm³/mol. The molecule has 3 aromatic heterocycles. The molecule has 0 radical (unpaired) electrons. The van der Waals surface area contributed by atoms with Gasteiger partial charge < -0.3 is 40.2 Å². The quantitative estimate of drug-likeness (QED) is 0.0241. The van der Waals surface area contributed by atoms with Gasteiger partial charge in [-0.3, -0.25) is 9.59 Å². The maximum atomic E-state index is 12.7. The highest BCUT2D eigenvalue weighted by atomic mass is 16.7. The molecule has 7 rings (SSSR count). The Morgan fingerprint density at radius 3 is 1.41 bits per heavy atom. The lowest BCUT2D eigenvalue weighted by Crippen LogP contribution is -2.27. The van der Waals surface area contributed by atoms with Crippen molar-refractivity contribution in [2.75, 3.05) is 63.2 Å². The van der Waals surface area contributed by atoms with Gasteiger partial charge in [0.05, 0.1) is 34.8 Å². The first-order valence-corrected chi connectivity index (χ1v) is 22.7. The minimum absolute atomic E-state index is 0.0876. The Kier molecular flexibility index (Phi) is 17.4. The molecule has 0 saturated heterocycles. The number of rotatable bonds is 26. The number of pyridine rings is 1. The van der Waals surface area contributed by atoms with Gasteiger partial charge in [-0.05, 0) is 95.4 Å². The highest BCUT2D eigenvalue weighted by Crippen LogP contribution is 2.27. The molecule has 0 aliphatic carbocycles. The number of hydrogen-bond donors (Lipinski definition) is 4. The first-order chi connectivity index (χ1) is 32.3. The van der Waals surface area contributed by atoms with E-state index in [2.05, 4.69) is 48.0 Å². The van der Waals surface area contributed by atoms with Crippen molar-refractivity contribution in [2.45, 2.75) is 66.0 Å². The summed E-state index contributed by atoms with van der Waals surface area (Å²) in [6.45, 7) is 12.6. The van der Waals surface area contributed by atoms with Crippen LogP contribution >= 0.6 is 0 Å². The molecular weight excluding hydrogens is 839 g/mol. The average Bonchev–Trinajstić information content (AvgIpc) is 4.03. The summed E-state index contributed by atoms with van der Waals surface area (Å²) < 4.78 is 25.7. The van der Waals surface area contributed by atoms with Crippen molar-refractivity contribution in [1.82, 2.24) is 45.6 Å². The van der Waals surface area contributed by atoms with Crippen molar-refractivity contribution in [1.29, 1.82) is 0 Å². The van der Waals surface area contributed by atoms with Crippen molar-refractivity contribution in [2.24, 2.45) is 0 Å². The number of carbonyl (C=O) groups excluding carboxylic acids is 2. The van der Waals surface area contributed by atoms with E-state index in [-0.39, 0.29) is 24.4 Å². The van der Waals surface area contributed by atoms with Crippen LogP contribution in [0.5, 0.6) is 0 Å². The number of nitrogens with one attached hydrogen (secondary N) is 4. The van der Waals surface area contributed by atoms with Crippen LogP contribution in [0.4, 0.5) is 11.4 Å². The zero-order chi connectivity index (χ0) is 46.1. The summed E-state index contributed by atoms with van der Waals surface area (Å²) in [5.41, 5.74) is 7.52. The van der Waals surface area contributed by atoms with E-state index in [0.717, 1.165) is 44.3 Å². The number of fused-ring (bicyclic) bond motifs is 2. The van der Waals surface area contributed by atoms with E-state index in [1.165, 1.54) is 0 Å². The molecule has 0 bridgehead atoms. The number of nitrogens with zero attached hydrogens (tertiary/aromatic N) is 7. The molecule has 0 aliphatic rings. The van der Waals surface area contributed by atoms with Crippen LogP contribution < -0.4 is 21.3 Å². The van der Waals surface area contributed by atoms with E-state index in [0.29, 0.717) is 101 Å². The molecule has 2 amide bonds. The molecule has 0 unspecified atom stereocenters. The number of amides is 2. The Morgan fingerprint density at radius 2 is 0.985 bits per heavy atom. The second-order valence-corrected chi connectivity index (χ2v) is 15.4. The van der Waals surface area contributed by atoms with E-state index < -0.39 is 0 Å². The van der Waals surface area contributed by atoms with Crippen LogP contribution in [0, 0.1) is 0 Å². The van der Waals surface area contributed by atoms with Gasteiger partial charge in [0, 0.05) is 98.5 Å². The van der Waals surface area contributed by atoms with Crippen LogP contribution in [0.25, 0.3) is 55.7 Å². The molecule has 0 atom stereocenters. The Morgan fingerprint density at radius 1 is 0.545 bits per heavy atom. The third-order valence-electron chi connectivity index (χ3n) is 10.6. The molecule has 4 aromatic carbocycles. The fourth-order valence-corrected chi connectivity index (χ4v) is 7.36. The summed E-state index contributed by atoms with van der Waals surface area (Å²) in [6, 6.07) is 29.2. The van der Waals surface area contributed by atoms with Crippen LogP contribution in [0.15, 0.2) is 103 Å².